The first kappa shape index (κ1) is 14.1. The summed E-state index contributed by atoms with van der Waals surface area (Å²) in [6.45, 7) is 4.24. The molecule has 0 radical (unpaired) electrons. The Morgan fingerprint density at radius 3 is 2.35 bits per heavy atom. The molecule has 0 heterocycles. The second kappa shape index (κ2) is 6.70. The zero-order valence-corrected chi connectivity index (χ0v) is 12.4. The minimum atomic E-state index is 0.509. The van der Waals surface area contributed by atoms with Crippen molar-refractivity contribution in [2.24, 2.45) is 5.92 Å². The van der Waals surface area contributed by atoms with E-state index in [1.807, 2.05) is 19.1 Å². The van der Waals surface area contributed by atoms with Gasteiger partial charge in [0.15, 0.2) is 11.5 Å². The molecule has 94 valence electrons. The molecule has 3 heteroatoms. The van der Waals surface area contributed by atoms with Crippen molar-refractivity contribution < 1.29 is 9.47 Å². The molecule has 0 fully saturated rings. The van der Waals surface area contributed by atoms with Gasteiger partial charge in [-0.3, -0.25) is 0 Å². The van der Waals surface area contributed by atoms with Crippen LogP contribution in [-0.4, -0.2) is 14.2 Å². The summed E-state index contributed by atoms with van der Waals surface area (Å²) >= 11 is 3.57. The van der Waals surface area contributed by atoms with Crippen LogP contribution in [0.5, 0.6) is 11.5 Å². The molecule has 17 heavy (non-hydrogen) atoms. The van der Waals surface area contributed by atoms with E-state index in [-0.39, 0.29) is 0 Å². The van der Waals surface area contributed by atoms with E-state index in [4.69, 9.17) is 9.47 Å². The maximum Gasteiger partial charge on any atom is 0.161 e. The van der Waals surface area contributed by atoms with Gasteiger partial charge in [0.05, 0.1) is 14.2 Å². The van der Waals surface area contributed by atoms with E-state index in [9.17, 15) is 0 Å². The summed E-state index contributed by atoms with van der Waals surface area (Å²) in [6.07, 6.45) is 5.26. The fourth-order valence-corrected chi connectivity index (χ4v) is 2.28. The fourth-order valence-electron chi connectivity index (χ4n) is 1.80. The summed E-state index contributed by atoms with van der Waals surface area (Å²) in [5, 5.41) is 0. The van der Waals surface area contributed by atoms with Crippen LogP contribution in [-0.2, 0) is 6.42 Å². The first-order chi connectivity index (χ1) is 8.12. The lowest BCUT2D eigenvalue weighted by molar-refractivity contribution is 0.354. The van der Waals surface area contributed by atoms with Gasteiger partial charge in [-0.1, -0.05) is 35.0 Å². The van der Waals surface area contributed by atoms with Crippen LogP contribution in [0.25, 0.3) is 0 Å². The Balaban J connectivity index is 3.00. The standard InChI is InChI=1S/C14H19BrO2/c1-5-6-10(2)7-11-8-13(16-3)14(17-4)9-12(11)15/h5-6,8-10H,7H2,1-4H3/b6-5-. The Labute approximate surface area is 112 Å². The number of benzene rings is 1. The van der Waals surface area contributed by atoms with Gasteiger partial charge < -0.3 is 9.47 Å². The van der Waals surface area contributed by atoms with E-state index in [2.05, 4.69) is 35.0 Å². The van der Waals surface area contributed by atoms with Crippen LogP contribution < -0.4 is 9.47 Å². The highest BCUT2D eigenvalue weighted by atomic mass is 79.9. The SMILES string of the molecule is C/C=C\C(C)Cc1cc(OC)c(OC)cc1Br. The minimum Gasteiger partial charge on any atom is -0.493 e. The molecule has 0 N–H and O–H groups in total. The summed E-state index contributed by atoms with van der Waals surface area (Å²) in [7, 11) is 3.30. The summed E-state index contributed by atoms with van der Waals surface area (Å²) in [5.41, 5.74) is 1.23. The molecule has 1 atom stereocenters. The van der Waals surface area contributed by atoms with Crippen molar-refractivity contribution in [1.29, 1.82) is 0 Å². The number of hydrogen-bond acceptors (Lipinski definition) is 2. The Bertz CT molecular complexity index is 399. The quantitative estimate of drug-likeness (QED) is 0.758. The summed E-state index contributed by atoms with van der Waals surface area (Å²) < 4.78 is 11.6. The number of allylic oxidation sites excluding steroid dienone is 2. The number of ether oxygens (including phenoxy) is 2. The first-order valence-electron chi connectivity index (χ1n) is 5.65. The number of rotatable bonds is 5. The maximum absolute atomic E-state index is 5.31. The van der Waals surface area contributed by atoms with Crippen molar-refractivity contribution in [3.05, 3.63) is 34.3 Å². The summed E-state index contributed by atoms with van der Waals surface area (Å²) in [4.78, 5) is 0. The van der Waals surface area contributed by atoms with Gasteiger partial charge in [-0.2, -0.15) is 0 Å². The van der Waals surface area contributed by atoms with E-state index < -0.39 is 0 Å². The molecule has 1 rings (SSSR count). The Morgan fingerprint density at radius 1 is 1.24 bits per heavy atom. The topological polar surface area (TPSA) is 18.5 Å². The third kappa shape index (κ3) is 3.77. The molecule has 0 saturated heterocycles. The Hall–Kier alpha value is -0.960. The first-order valence-corrected chi connectivity index (χ1v) is 6.44. The van der Waals surface area contributed by atoms with Crippen molar-refractivity contribution in [2.75, 3.05) is 14.2 Å². The molecule has 0 aliphatic carbocycles. The van der Waals surface area contributed by atoms with Crippen molar-refractivity contribution in [3.8, 4) is 11.5 Å². The zero-order valence-electron chi connectivity index (χ0n) is 10.8. The van der Waals surface area contributed by atoms with E-state index in [0.717, 1.165) is 22.4 Å². The van der Waals surface area contributed by atoms with Gasteiger partial charge >= 0.3 is 0 Å². The van der Waals surface area contributed by atoms with Gasteiger partial charge in [0.1, 0.15) is 0 Å². The van der Waals surface area contributed by atoms with Crippen molar-refractivity contribution in [1.82, 2.24) is 0 Å². The molecule has 1 aromatic rings. The number of halogens is 1. The zero-order chi connectivity index (χ0) is 12.8. The predicted octanol–water partition coefficient (Wildman–Crippen LogP) is 4.22. The molecule has 1 unspecified atom stereocenters. The van der Waals surface area contributed by atoms with Gasteiger partial charge in [-0.05, 0) is 37.0 Å². The van der Waals surface area contributed by atoms with Crippen molar-refractivity contribution in [2.45, 2.75) is 20.3 Å². The highest BCUT2D eigenvalue weighted by Crippen LogP contribution is 2.34. The van der Waals surface area contributed by atoms with Crippen molar-refractivity contribution >= 4 is 15.9 Å². The lowest BCUT2D eigenvalue weighted by atomic mass is 10.0. The van der Waals surface area contributed by atoms with Gasteiger partial charge in [-0.15, -0.1) is 0 Å². The van der Waals surface area contributed by atoms with Crippen LogP contribution in [0.2, 0.25) is 0 Å². The normalized spacial score (nSPS) is 12.8. The van der Waals surface area contributed by atoms with Crippen molar-refractivity contribution in [3.63, 3.8) is 0 Å². The third-order valence-corrected chi connectivity index (χ3v) is 3.35. The fraction of sp³-hybridized carbons (Fsp3) is 0.429. The molecule has 0 aromatic heterocycles. The summed E-state index contributed by atoms with van der Waals surface area (Å²) in [5.74, 6) is 2.04. The van der Waals surface area contributed by atoms with Gasteiger partial charge in [-0.25, -0.2) is 0 Å². The highest BCUT2D eigenvalue weighted by molar-refractivity contribution is 9.10. The minimum absolute atomic E-state index is 0.509. The number of methoxy groups -OCH3 is 2. The number of hydrogen-bond donors (Lipinski definition) is 0. The molecular formula is C14H19BrO2. The van der Waals surface area contributed by atoms with E-state index in [1.54, 1.807) is 14.2 Å². The Morgan fingerprint density at radius 2 is 1.82 bits per heavy atom. The highest BCUT2D eigenvalue weighted by Gasteiger charge is 2.11. The van der Waals surface area contributed by atoms with Gasteiger partial charge in [0.2, 0.25) is 0 Å². The molecule has 0 bridgehead atoms. The Kier molecular flexibility index (Phi) is 5.56. The van der Waals surface area contributed by atoms with Gasteiger partial charge in [0.25, 0.3) is 0 Å². The molecule has 2 nitrogen and oxygen atoms in total. The van der Waals surface area contributed by atoms with E-state index in [1.165, 1.54) is 5.56 Å². The molecule has 1 aromatic carbocycles. The smallest absolute Gasteiger partial charge is 0.161 e. The second-order valence-corrected chi connectivity index (χ2v) is 4.86. The third-order valence-electron chi connectivity index (χ3n) is 2.62. The van der Waals surface area contributed by atoms with Gasteiger partial charge in [0, 0.05) is 4.47 Å². The molecule has 0 amide bonds. The van der Waals surface area contributed by atoms with Crippen LogP contribution in [0, 0.1) is 5.92 Å². The molecule has 0 aliphatic heterocycles. The second-order valence-electron chi connectivity index (χ2n) is 4.01. The lowest BCUT2D eigenvalue weighted by Crippen LogP contribution is -1.99. The largest absolute Gasteiger partial charge is 0.493 e. The van der Waals surface area contributed by atoms with Crippen LogP contribution in [0.15, 0.2) is 28.8 Å². The molecule has 0 saturated carbocycles. The van der Waals surface area contributed by atoms with Crippen LogP contribution in [0.4, 0.5) is 0 Å². The predicted molar refractivity (Wildman–Crippen MR) is 74.9 cm³/mol. The monoisotopic (exact) mass is 298 g/mol. The van der Waals surface area contributed by atoms with E-state index in [0.29, 0.717) is 5.92 Å². The van der Waals surface area contributed by atoms with Crippen LogP contribution in [0.1, 0.15) is 19.4 Å². The van der Waals surface area contributed by atoms with Crippen LogP contribution >= 0.6 is 15.9 Å². The maximum atomic E-state index is 5.31. The van der Waals surface area contributed by atoms with Crippen LogP contribution in [0.3, 0.4) is 0 Å². The lowest BCUT2D eigenvalue weighted by Gasteiger charge is -2.13. The molecular weight excluding hydrogens is 280 g/mol. The summed E-state index contributed by atoms with van der Waals surface area (Å²) in [6, 6.07) is 3.99. The average Bonchev–Trinajstić information content (AvgIpc) is 2.31. The average molecular weight is 299 g/mol. The molecule has 0 spiro atoms. The molecule has 0 aliphatic rings. The van der Waals surface area contributed by atoms with E-state index >= 15 is 0 Å².